The molecule has 2 aliphatic heterocycles. The van der Waals surface area contributed by atoms with Crippen LogP contribution < -0.4 is 0 Å². The van der Waals surface area contributed by atoms with E-state index in [2.05, 4.69) is 41.3 Å². The third-order valence-corrected chi connectivity index (χ3v) is 7.44. The summed E-state index contributed by atoms with van der Waals surface area (Å²) in [5.41, 5.74) is 0.857. The number of rotatable bonds is 4. The van der Waals surface area contributed by atoms with Crippen molar-refractivity contribution in [2.75, 3.05) is 0 Å². The average molecular weight is 535 g/mol. The number of fused-ring (bicyclic) bond motifs is 1. The van der Waals surface area contributed by atoms with Crippen LogP contribution in [0.3, 0.4) is 0 Å². The fraction of sp³-hybridized carbons (Fsp3) is 0.143. The molecule has 0 saturated carbocycles. The van der Waals surface area contributed by atoms with Crippen molar-refractivity contribution in [2.24, 2.45) is 9.39 Å². The lowest BCUT2D eigenvalue weighted by atomic mass is 9.89. The summed E-state index contributed by atoms with van der Waals surface area (Å²) in [7, 11) is -3.95. The van der Waals surface area contributed by atoms with E-state index in [-0.39, 0.29) is 14.5 Å². The molecule has 0 amide bonds. The molecule has 0 radical (unpaired) electrons. The van der Waals surface area contributed by atoms with Gasteiger partial charge in [0.25, 0.3) is 10.0 Å². The van der Waals surface area contributed by atoms with Crippen LogP contribution >= 0.6 is 31.9 Å². The maximum absolute atomic E-state index is 13.1. The zero-order valence-corrected chi connectivity index (χ0v) is 19.4. The highest BCUT2D eigenvalue weighted by Crippen LogP contribution is 2.46. The molecule has 2 aromatic rings. The van der Waals surface area contributed by atoms with Gasteiger partial charge in [0, 0.05) is 6.20 Å². The number of aliphatic imine (C=N–C) groups is 1. The largest absolute Gasteiger partial charge is 0.313 e. The Labute approximate surface area is 186 Å². The second kappa shape index (κ2) is 7.66. The van der Waals surface area contributed by atoms with Crippen LogP contribution in [0.1, 0.15) is 11.1 Å². The molecule has 1 atom stereocenters. The first-order valence-electron chi connectivity index (χ1n) is 8.84. The normalized spacial score (nSPS) is 22.3. The van der Waals surface area contributed by atoms with Crippen LogP contribution in [0.4, 0.5) is 0 Å². The highest BCUT2D eigenvalue weighted by atomic mass is 79.9. The van der Waals surface area contributed by atoms with Gasteiger partial charge < -0.3 is 4.90 Å². The van der Waals surface area contributed by atoms with Crippen LogP contribution in [-0.2, 0) is 15.6 Å². The van der Waals surface area contributed by atoms with Gasteiger partial charge >= 0.3 is 0 Å². The van der Waals surface area contributed by atoms with Gasteiger partial charge in [0.05, 0.1) is 4.90 Å². The lowest BCUT2D eigenvalue weighted by Crippen LogP contribution is -2.51. The quantitative estimate of drug-likeness (QED) is 0.524. The molecule has 148 valence electrons. The van der Waals surface area contributed by atoms with Crippen molar-refractivity contribution in [1.29, 1.82) is 0 Å². The van der Waals surface area contributed by atoms with Crippen molar-refractivity contribution in [3.05, 3.63) is 90.2 Å². The van der Waals surface area contributed by atoms with E-state index in [1.165, 1.54) is 0 Å². The number of allylic oxidation sites excluding steroid dienone is 2. The van der Waals surface area contributed by atoms with E-state index in [0.717, 1.165) is 11.1 Å². The monoisotopic (exact) mass is 533 g/mol. The summed E-state index contributed by atoms with van der Waals surface area (Å²) >= 11 is 7.28. The Morgan fingerprint density at radius 3 is 2.38 bits per heavy atom. The lowest BCUT2D eigenvalue weighted by molar-refractivity contribution is 0.375. The Hall–Kier alpha value is -2.03. The first kappa shape index (κ1) is 20.3. The Bertz CT molecular complexity index is 1150. The number of hydrogen-bond acceptors (Lipinski definition) is 3. The summed E-state index contributed by atoms with van der Waals surface area (Å²) in [5, 5.41) is 0. The third kappa shape index (κ3) is 3.43. The number of nitrogens with zero attached hydrogens (tertiary/aromatic N) is 3. The molecule has 4 rings (SSSR count). The molecule has 0 aliphatic carbocycles. The van der Waals surface area contributed by atoms with Gasteiger partial charge in [0.1, 0.15) is 9.57 Å². The number of benzene rings is 2. The van der Waals surface area contributed by atoms with E-state index in [4.69, 9.17) is 0 Å². The predicted molar refractivity (Wildman–Crippen MR) is 123 cm³/mol. The second-order valence-corrected chi connectivity index (χ2v) is 11.3. The molecule has 0 fully saturated rings. The molecular weight excluding hydrogens is 518 g/mol. The molecule has 8 heteroatoms. The average Bonchev–Trinajstić information content (AvgIpc) is 3.03. The Morgan fingerprint density at radius 1 is 1.03 bits per heavy atom. The van der Waals surface area contributed by atoms with Gasteiger partial charge in [-0.15, -0.1) is 4.40 Å². The maximum atomic E-state index is 13.1. The number of amidine groups is 2. The molecule has 2 aromatic carbocycles. The summed E-state index contributed by atoms with van der Waals surface area (Å²) in [6.07, 6.45) is 7.46. The summed E-state index contributed by atoms with van der Waals surface area (Å²) in [6, 6.07) is 16.2. The molecule has 0 bridgehead atoms. The van der Waals surface area contributed by atoms with Crippen LogP contribution in [0.25, 0.3) is 0 Å². The standard InChI is InChI=1S/C21H17Br2N3O2S/c1-15-10-12-17(13-11-15)29(27,28)25-20-21(19(22)23,16-7-3-2-4-8-16)26-14-6-5-9-18(26)24-20/h2-14,19H,1H3/b25-20-. The summed E-state index contributed by atoms with van der Waals surface area (Å²) in [6.45, 7) is 1.91. The van der Waals surface area contributed by atoms with Crippen LogP contribution in [0, 0.1) is 6.92 Å². The van der Waals surface area contributed by atoms with Crippen molar-refractivity contribution >= 4 is 53.6 Å². The van der Waals surface area contributed by atoms with E-state index in [9.17, 15) is 8.42 Å². The lowest BCUT2D eigenvalue weighted by Gasteiger charge is -2.40. The Morgan fingerprint density at radius 2 is 1.72 bits per heavy atom. The molecule has 2 heterocycles. The fourth-order valence-corrected chi connectivity index (χ4v) is 5.75. The van der Waals surface area contributed by atoms with E-state index < -0.39 is 15.6 Å². The molecule has 0 spiro atoms. The second-order valence-electron chi connectivity index (χ2n) is 6.68. The van der Waals surface area contributed by atoms with Crippen molar-refractivity contribution < 1.29 is 8.42 Å². The number of sulfonamides is 1. The minimum absolute atomic E-state index is 0.134. The molecule has 29 heavy (non-hydrogen) atoms. The van der Waals surface area contributed by atoms with Gasteiger partial charge in [-0.1, -0.05) is 86.0 Å². The van der Waals surface area contributed by atoms with E-state index in [1.54, 1.807) is 24.3 Å². The van der Waals surface area contributed by atoms with Gasteiger partial charge in [0.2, 0.25) is 0 Å². The van der Waals surface area contributed by atoms with Gasteiger partial charge in [0.15, 0.2) is 11.4 Å². The van der Waals surface area contributed by atoms with Gasteiger partial charge in [-0.05, 0) is 36.8 Å². The predicted octanol–water partition coefficient (Wildman–Crippen LogP) is 4.89. The van der Waals surface area contributed by atoms with Gasteiger partial charge in [-0.25, -0.2) is 4.99 Å². The van der Waals surface area contributed by atoms with Gasteiger partial charge in [-0.2, -0.15) is 8.42 Å². The summed E-state index contributed by atoms with van der Waals surface area (Å²) < 4.78 is 30.1. The Balaban J connectivity index is 1.95. The van der Waals surface area contributed by atoms with Crippen LogP contribution in [0.2, 0.25) is 0 Å². The van der Waals surface area contributed by atoms with Gasteiger partial charge in [-0.3, -0.25) is 0 Å². The first-order valence-corrected chi connectivity index (χ1v) is 12.1. The van der Waals surface area contributed by atoms with Crippen LogP contribution in [-0.4, -0.2) is 28.7 Å². The molecule has 0 saturated heterocycles. The molecule has 0 N–H and O–H groups in total. The molecule has 2 aliphatic rings. The van der Waals surface area contributed by atoms with Crippen molar-refractivity contribution in [3.8, 4) is 0 Å². The maximum Gasteiger partial charge on any atom is 0.284 e. The zero-order valence-electron chi connectivity index (χ0n) is 15.4. The highest BCUT2D eigenvalue weighted by Gasteiger charge is 2.53. The highest BCUT2D eigenvalue weighted by molar-refractivity contribution is 9.24. The minimum Gasteiger partial charge on any atom is -0.313 e. The topological polar surface area (TPSA) is 62.1 Å². The number of hydrogen-bond donors (Lipinski definition) is 0. The molecule has 1 unspecified atom stereocenters. The third-order valence-electron chi connectivity index (χ3n) is 4.83. The van der Waals surface area contributed by atoms with E-state index >= 15 is 0 Å². The SMILES string of the molecule is Cc1ccc(S(=O)(=O)/N=C2\N=C3C=CC=CN3C2(c2ccccc2)C(Br)Br)cc1. The van der Waals surface area contributed by atoms with E-state index in [0.29, 0.717) is 5.84 Å². The van der Waals surface area contributed by atoms with E-state index in [1.807, 2.05) is 66.6 Å². The molecular formula is C21H17Br2N3O2S. The smallest absolute Gasteiger partial charge is 0.284 e. The van der Waals surface area contributed by atoms with Crippen molar-refractivity contribution in [1.82, 2.24) is 4.90 Å². The summed E-state index contributed by atoms with van der Waals surface area (Å²) in [5.74, 6) is 0.812. The first-order chi connectivity index (χ1) is 13.9. The molecule has 0 aromatic heterocycles. The van der Waals surface area contributed by atoms with Crippen molar-refractivity contribution in [3.63, 3.8) is 0 Å². The fourth-order valence-electron chi connectivity index (χ4n) is 3.38. The number of halogens is 2. The minimum atomic E-state index is -3.95. The van der Waals surface area contributed by atoms with Crippen molar-refractivity contribution in [2.45, 2.75) is 21.1 Å². The zero-order chi connectivity index (χ0) is 20.6. The van der Waals surface area contributed by atoms with Crippen LogP contribution in [0.15, 0.2) is 93.3 Å². The molecule has 5 nitrogen and oxygen atoms in total. The number of aryl methyl sites for hydroxylation is 1. The summed E-state index contributed by atoms with van der Waals surface area (Å²) in [4.78, 5) is 6.67. The number of alkyl halides is 2. The Kier molecular flexibility index (Phi) is 5.35. The van der Waals surface area contributed by atoms with Crippen LogP contribution in [0.5, 0.6) is 0 Å².